The minimum Gasteiger partial charge on any atom is -0.478 e. The van der Waals surface area contributed by atoms with Gasteiger partial charge in [0.2, 0.25) is 0 Å². The van der Waals surface area contributed by atoms with E-state index in [9.17, 15) is 23.1 Å². The fourth-order valence-corrected chi connectivity index (χ4v) is 4.33. The zero-order chi connectivity index (χ0) is 25.3. The highest BCUT2D eigenvalue weighted by Gasteiger charge is 2.31. The topological polar surface area (TPSA) is 53.0 Å². The Hall–Kier alpha value is -2.58. The van der Waals surface area contributed by atoms with Gasteiger partial charge in [0.05, 0.1) is 5.56 Å². The van der Waals surface area contributed by atoms with Crippen LogP contribution in [0.2, 0.25) is 0 Å². The molecule has 0 unspecified atom stereocenters. The first-order valence-electron chi connectivity index (χ1n) is 11.4. The first-order chi connectivity index (χ1) is 15.8. The number of piperazine rings is 1. The number of hydrogen-bond acceptors (Lipinski definition) is 4. The number of aryl methyl sites for hydroxylation is 2. The molecule has 3 rings (SSSR count). The molecule has 0 amide bonds. The fraction of sp³-hybridized carbons (Fsp3) is 0.500. The molecule has 1 aliphatic heterocycles. The lowest BCUT2D eigenvalue weighted by Gasteiger charge is -2.40. The van der Waals surface area contributed by atoms with Crippen LogP contribution in [0.25, 0.3) is 0 Å². The highest BCUT2D eigenvalue weighted by Crippen LogP contribution is 2.31. The number of halogens is 3. The molecule has 0 radical (unpaired) electrons. The van der Waals surface area contributed by atoms with Crippen LogP contribution in [0.3, 0.4) is 0 Å². The van der Waals surface area contributed by atoms with Gasteiger partial charge in [-0.3, -0.25) is 9.80 Å². The molecule has 1 heterocycles. The van der Waals surface area contributed by atoms with E-state index in [2.05, 4.69) is 16.7 Å². The number of carbonyl (C=O) groups is 1. The number of rotatable bonds is 7. The summed E-state index contributed by atoms with van der Waals surface area (Å²) in [5, 5.41) is 9.36. The Labute approximate surface area is 199 Å². The zero-order valence-electron chi connectivity index (χ0n) is 20.4. The third-order valence-corrected chi connectivity index (χ3v) is 6.31. The molecule has 1 aliphatic rings. The van der Waals surface area contributed by atoms with Crippen molar-refractivity contribution < 1.29 is 27.8 Å². The number of ether oxygens (including phenoxy) is 1. The molecule has 1 atom stereocenters. The number of aliphatic carboxylic acids is 1. The van der Waals surface area contributed by atoms with Gasteiger partial charge in [-0.05, 0) is 69.0 Å². The minimum atomic E-state index is -4.31. The van der Waals surface area contributed by atoms with Crippen LogP contribution in [0.1, 0.15) is 48.6 Å². The number of carboxylic acids is 1. The molecular formula is C26H33F3N2O3. The maximum Gasteiger partial charge on any atom is 0.416 e. The second-order valence-electron chi connectivity index (χ2n) is 9.73. The Morgan fingerprint density at radius 3 is 2.12 bits per heavy atom. The lowest BCUT2D eigenvalue weighted by Crippen LogP contribution is -2.50. The molecule has 2 aromatic carbocycles. The Balaban J connectivity index is 1.60. The summed E-state index contributed by atoms with van der Waals surface area (Å²) in [6.07, 6.45) is -4.31. The van der Waals surface area contributed by atoms with E-state index in [0.717, 1.165) is 60.6 Å². The predicted molar refractivity (Wildman–Crippen MR) is 125 cm³/mol. The number of hydrogen-bond donors (Lipinski definition) is 1. The third kappa shape index (κ3) is 6.30. The molecule has 1 N–H and O–H groups in total. The first-order valence-corrected chi connectivity index (χ1v) is 11.4. The second kappa shape index (κ2) is 9.96. The van der Waals surface area contributed by atoms with Crippen LogP contribution in [0.15, 0.2) is 36.4 Å². The van der Waals surface area contributed by atoms with Gasteiger partial charge in [0.1, 0.15) is 5.75 Å². The van der Waals surface area contributed by atoms with Crippen LogP contribution in [-0.4, -0.2) is 52.2 Å². The van der Waals surface area contributed by atoms with Crippen LogP contribution in [0.5, 0.6) is 5.75 Å². The van der Waals surface area contributed by atoms with E-state index in [1.807, 2.05) is 26.0 Å². The smallest absolute Gasteiger partial charge is 0.416 e. The molecule has 0 aliphatic carbocycles. The molecule has 0 spiro atoms. The van der Waals surface area contributed by atoms with Crippen molar-refractivity contribution in [1.82, 2.24) is 9.80 Å². The van der Waals surface area contributed by atoms with Crippen molar-refractivity contribution in [2.24, 2.45) is 0 Å². The SMILES string of the molecule is Cc1cc(CN2CCN(Cc3ccc(C(F)(F)F)cc3)[C@H](C)C2)cc(C)c1OC(C)(C)C(=O)O. The van der Waals surface area contributed by atoms with Crippen LogP contribution in [0, 0.1) is 13.8 Å². The van der Waals surface area contributed by atoms with Crippen LogP contribution in [0.4, 0.5) is 13.2 Å². The molecule has 5 nitrogen and oxygen atoms in total. The van der Waals surface area contributed by atoms with Crippen molar-refractivity contribution in [3.63, 3.8) is 0 Å². The van der Waals surface area contributed by atoms with Gasteiger partial charge in [0.25, 0.3) is 0 Å². The Kier molecular flexibility index (Phi) is 7.62. The van der Waals surface area contributed by atoms with E-state index in [1.165, 1.54) is 13.8 Å². The molecule has 8 heteroatoms. The molecule has 34 heavy (non-hydrogen) atoms. The van der Waals surface area contributed by atoms with E-state index < -0.39 is 23.3 Å². The van der Waals surface area contributed by atoms with Gasteiger partial charge in [-0.25, -0.2) is 4.79 Å². The molecular weight excluding hydrogens is 445 g/mol. The molecule has 2 aromatic rings. The van der Waals surface area contributed by atoms with Crippen molar-refractivity contribution in [3.05, 3.63) is 64.2 Å². The summed E-state index contributed by atoms with van der Waals surface area (Å²) in [7, 11) is 0. The normalized spacial score (nSPS) is 18.2. The number of nitrogens with zero attached hydrogens (tertiary/aromatic N) is 2. The minimum absolute atomic E-state index is 0.261. The predicted octanol–water partition coefficient (Wildman–Crippen LogP) is 5.27. The molecule has 0 aromatic heterocycles. The fourth-order valence-electron chi connectivity index (χ4n) is 4.33. The molecule has 186 valence electrons. The van der Waals surface area contributed by atoms with Crippen molar-refractivity contribution in [2.45, 2.75) is 65.5 Å². The summed E-state index contributed by atoms with van der Waals surface area (Å²) in [5.74, 6) is -0.413. The highest BCUT2D eigenvalue weighted by atomic mass is 19.4. The molecule has 1 fully saturated rings. The summed E-state index contributed by atoms with van der Waals surface area (Å²) >= 11 is 0. The van der Waals surface area contributed by atoms with Crippen molar-refractivity contribution in [3.8, 4) is 5.75 Å². The monoisotopic (exact) mass is 478 g/mol. The molecule has 0 saturated carbocycles. The van der Waals surface area contributed by atoms with Gasteiger partial charge in [-0.1, -0.05) is 24.3 Å². The Bertz CT molecular complexity index is 996. The van der Waals surface area contributed by atoms with Crippen molar-refractivity contribution in [2.75, 3.05) is 19.6 Å². The number of carboxylic acid groups (broad SMARTS) is 1. The number of alkyl halides is 3. The Morgan fingerprint density at radius 1 is 1.03 bits per heavy atom. The first kappa shape index (κ1) is 26.0. The van der Waals surface area contributed by atoms with E-state index >= 15 is 0 Å². The summed E-state index contributed by atoms with van der Waals surface area (Å²) in [5.41, 5.74) is 1.88. The summed E-state index contributed by atoms with van der Waals surface area (Å²) < 4.78 is 44.2. The second-order valence-corrected chi connectivity index (χ2v) is 9.73. The van der Waals surface area contributed by atoms with E-state index in [0.29, 0.717) is 12.3 Å². The average Bonchev–Trinajstić information content (AvgIpc) is 2.72. The van der Waals surface area contributed by atoms with Crippen LogP contribution < -0.4 is 4.74 Å². The quantitative estimate of drug-likeness (QED) is 0.588. The summed E-state index contributed by atoms with van der Waals surface area (Å²) in [6.45, 7) is 13.0. The van der Waals surface area contributed by atoms with Crippen LogP contribution >= 0.6 is 0 Å². The molecule has 1 saturated heterocycles. The summed E-state index contributed by atoms with van der Waals surface area (Å²) in [4.78, 5) is 16.1. The lowest BCUT2D eigenvalue weighted by atomic mass is 10.0. The zero-order valence-corrected chi connectivity index (χ0v) is 20.4. The third-order valence-electron chi connectivity index (χ3n) is 6.31. The maximum absolute atomic E-state index is 12.8. The van der Waals surface area contributed by atoms with Crippen LogP contribution in [-0.2, 0) is 24.1 Å². The lowest BCUT2D eigenvalue weighted by molar-refractivity contribution is -0.152. The molecule has 0 bridgehead atoms. The van der Waals surface area contributed by atoms with E-state index in [-0.39, 0.29) is 6.04 Å². The van der Waals surface area contributed by atoms with Gasteiger partial charge < -0.3 is 9.84 Å². The van der Waals surface area contributed by atoms with E-state index in [4.69, 9.17) is 4.74 Å². The summed E-state index contributed by atoms with van der Waals surface area (Å²) in [6, 6.07) is 9.75. The number of benzene rings is 2. The standard InChI is InChI=1S/C26H33F3N2O3/c1-17-12-21(13-18(2)23(17)34-25(4,5)24(32)33)15-30-10-11-31(19(3)14-30)16-20-6-8-22(9-7-20)26(27,28)29/h6-9,12-13,19H,10-11,14-16H2,1-5H3,(H,32,33)/t19-/m1/s1. The largest absolute Gasteiger partial charge is 0.478 e. The van der Waals surface area contributed by atoms with Crippen molar-refractivity contribution >= 4 is 5.97 Å². The van der Waals surface area contributed by atoms with Gasteiger partial charge in [-0.15, -0.1) is 0 Å². The van der Waals surface area contributed by atoms with Gasteiger partial charge in [0.15, 0.2) is 5.60 Å². The van der Waals surface area contributed by atoms with Crippen molar-refractivity contribution in [1.29, 1.82) is 0 Å². The van der Waals surface area contributed by atoms with E-state index in [1.54, 1.807) is 12.1 Å². The van der Waals surface area contributed by atoms with Gasteiger partial charge >= 0.3 is 12.1 Å². The Morgan fingerprint density at radius 2 is 1.62 bits per heavy atom. The van der Waals surface area contributed by atoms with Gasteiger partial charge in [-0.2, -0.15) is 13.2 Å². The average molecular weight is 479 g/mol. The maximum atomic E-state index is 12.8. The van der Waals surface area contributed by atoms with Gasteiger partial charge in [0, 0.05) is 38.8 Å². The highest BCUT2D eigenvalue weighted by molar-refractivity contribution is 5.77.